The van der Waals surface area contributed by atoms with Crippen molar-refractivity contribution in [1.29, 1.82) is 16.1 Å². The Morgan fingerprint density at radius 3 is 1.12 bits per heavy atom. The number of nitrogens with one attached hydrogen (secondary N) is 5. The molecular formula is C86H142Br5Cl3N28O17. The van der Waals surface area contributed by atoms with Crippen LogP contribution >= 0.6 is 115 Å². The van der Waals surface area contributed by atoms with Gasteiger partial charge in [-0.15, -0.1) is 12.4 Å². The van der Waals surface area contributed by atoms with E-state index in [-0.39, 0.29) is 72.9 Å². The summed E-state index contributed by atoms with van der Waals surface area (Å²) in [5, 5.41) is 55.2. The summed E-state index contributed by atoms with van der Waals surface area (Å²) in [4.78, 5) is 86.4. The topological polar surface area (TPSA) is 533 Å². The summed E-state index contributed by atoms with van der Waals surface area (Å²) in [6, 6.07) is 4.06. The van der Waals surface area contributed by atoms with Crippen LogP contribution in [-0.4, -0.2) is 388 Å². The van der Waals surface area contributed by atoms with E-state index in [4.69, 9.17) is 86.4 Å². The van der Waals surface area contributed by atoms with Crippen molar-refractivity contribution >= 4 is 168 Å². The van der Waals surface area contributed by atoms with Crippen LogP contribution in [0.5, 0.6) is 0 Å². The zero-order valence-electron chi connectivity index (χ0n) is 81.9. The molecule has 11 N–H and O–H groups in total. The highest BCUT2D eigenvalue weighted by molar-refractivity contribution is 9.11. The number of morpholine rings is 4. The van der Waals surface area contributed by atoms with Crippen LogP contribution in [0, 0.1) is 28.2 Å². The third-order valence-corrected chi connectivity index (χ3v) is 25.6. The second-order valence-electron chi connectivity index (χ2n) is 36.1. The Bertz CT molecular complexity index is 4550. The third kappa shape index (κ3) is 41.4. The summed E-state index contributed by atoms with van der Waals surface area (Å²) in [7, 11) is 6.54. The SMILES string of the molecule is C=CC(=O)Cl.COC[C@H]1C[C@H](n2nc(Br)c(C#N)c2Br)CN1C(=O)OC(C)(C)C.COC[C@H]1C[C@H](n2nc(Br)c(C#N)c2NCCCN2CCOCC2)CN1C(=O)OC(C)(C)C.COC[C@H]1C[C@H](n2nc(Br)c(C(N)=O)c2NCCCN2CCOCC2)CN1.COC[C@H]1C[C@H](n2nc(Br)c(C(N)=O)c2NCCCN2CCOCC2)CN1C(=O)OC(C)(C)C.Cl.N=NN=NCl.NCCCN1CCOCC1. The number of hydrogen-bond acceptors (Lipinski definition) is 34. The van der Waals surface area contributed by atoms with Crippen LogP contribution in [0.3, 0.4) is 0 Å². The van der Waals surface area contributed by atoms with Gasteiger partial charge in [0, 0.05) is 133 Å². The van der Waals surface area contributed by atoms with E-state index in [9.17, 15) is 39.3 Å². The number of nitrogens with zero attached hydrogens (tertiary/aromatic N) is 20. The van der Waals surface area contributed by atoms with Crippen molar-refractivity contribution in [3.63, 3.8) is 0 Å². The number of anilines is 3. The van der Waals surface area contributed by atoms with Gasteiger partial charge in [-0.25, -0.2) is 28.4 Å². The fourth-order valence-electron chi connectivity index (χ4n) is 16.1. The first-order chi connectivity index (χ1) is 65.7. The third-order valence-electron chi connectivity index (χ3n) is 22.4. The molecule has 12 rings (SSSR count). The molecule has 53 heteroatoms. The van der Waals surface area contributed by atoms with Crippen LogP contribution < -0.4 is 38.5 Å². The predicted octanol–water partition coefficient (Wildman–Crippen LogP) is 11.4. The van der Waals surface area contributed by atoms with E-state index in [2.05, 4.69) is 186 Å². The molecule has 5 amide bonds. The number of primary amides is 2. The van der Waals surface area contributed by atoms with Gasteiger partial charge in [-0.3, -0.25) is 38.7 Å². The maximum atomic E-state index is 12.9. The molecule has 8 aliphatic rings. The lowest BCUT2D eigenvalue weighted by atomic mass is 10.2. The van der Waals surface area contributed by atoms with Gasteiger partial charge in [-0.05, 0) is 254 Å². The molecule has 0 unspecified atom stereocenters. The quantitative estimate of drug-likeness (QED) is 0.00538. The standard InChI is InChI=1S/C22H37BrN6O5.C22H35BrN6O4.C17H29BrN6O3.C15H20Br2N4O3.C7H16N2O.C3H3ClO.ClHN4.ClH/c1-22(2,3)34-21(31)28-13-15(12-16(28)14-32-4)29-20(17(19(24)30)18(23)26-29)25-6-5-7-27-8-10-33-11-9-27;1-22(2,3)33-21(30)28-14-16(12-17(28)15-31-4)29-20(18(13-24)19(23)26-29)25-6-5-7-27-8-10-32-11-9-27;1-26-11-12-9-13(10-21-12)24-17(14(16(19)25)15(18)22-24)20-3-2-4-23-5-7-27-8-6-23;1-15(2,3)24-14(22)20-7-9(5-10(20)8-23-4)21-13(17)11(6-18)12(16)19-21;8-2-1-3-9-4-6-10-7-5-9;1-2-3(4)5;1-3-5-4-2;/h15-16,25H,5-14H2,1-4H3,(H2,24,30);16-17,25H,5-12,14-15H2,1-4H3;12-13,20-21H,2-11H2,1H3,(H2,19,25);9-10H,5,7-8H2,1-4H3;1-8H2;2H,1H2;2H;1H/t15-,16+;16-,17+;12-,13+;9-,10+;;;;/m0010..../s1. The van der Waals surface area contributed by atoms with Gasteiger partial charge in [-0.1, -0.05) is 11.2 Å². The number of rotatable bonds is 34. The van der Waals surface area contributed by atoms with Gasteiger partial charge in [-0.2, -0.15) is 36.4 Å². The Morgan fingerprint density at radius 1 is 0.511 bits per heavy atom. The number of nitriles is 2. The number of methoxy groups -OCH3 is 4. The Hall–Kier alpha value is -6.71. The summed E-state index contributed by atoms with van der Waals surface area (Å²) < 4.78 is 71.6. The summed E-state index contributed by atoms with van der Waals surface area (Å²) in [5.41, 5.74) is 22.4. The number of likely N-dealkylation sites (tertiary alicyclic amines) is 3. The van der Waals surface area contributed by atoms with Gasteiger partial charge in [0.15, 0.2) is 0 Å². The number of nitrogens with two attached hydrogens (primary N) is 3. The average molecular weight is 2350 g/mol. The largest absolute Gasteiger partial charge is 0.444 e. The van der Waals surface area contributed by atoms with Crippen molar-refractivity contribution in [3.05, 3.63) is 57.9 Å². The van der Waals surface area contributed by atoms with E-state index in [1.165, 1.54) is 0 Å². The number of halogens is 8. The lowest BCUT2D eigenvalue weighted by molar-refractivity contribution is -0.107. The highest BCUT2D eigenvalue weighted by atomic mass is 79.9. The molecule has 0 aromatic carbocycles. The monoisotopic (exact) mass is 2340 g/mol. The molecule has 8 fully saturated rings. The van der Waals surface area contributed by atoms with Crippen LogP contribution in [-0.2, 0) is 56.9 Å². The van der Waals surface area contributed by atoms with Crippen LogP contribution in [0.4, 0.5) is 31.8 Å². The van der Waals surface area contributed by atoms with Crippen molar-refractivity contribution in [2.75, 3.05) is 255 Å². The molecule has 8 saturated heterocycles. The smallest absolute Gasteiger partial charge is 0.410 e. The number of amides is 5. The molecule has 8 aliphatic heterocycles. The summed E-state index contributed by atoms with van der Waals surface area (Å²) in [6.07, 6.45) is 6.67. The Morgan fingerprint density at radius 2 is 0.820 bits per heavy atom. The Labute approximate surface area is 873 Å². The van der Waals surface area contributed by atoms with Gasteiger partial charge in [0.05, 0.1) is 133 Å². The normalized spacial score (nSPS) is 20.8. The number of hydrogen-bond donors (Lipinski definition) is 8. The van der Waals surface area contributed by atoms with E-state index in [1.54, 1.807) is 52.5 Å². The first-order valence-electron chi connectivity index (χ1n) is 45.9. The first kappa shape index (κ1) is 123. The molecule has 784 valence electrons. The highest BCUT2D eigenvalue weighted by Gasteiger charge is 2.44. The molecule has 8 atom stereocenters. The second-order valence-corrected chi connectivity index (χ2v) is 40.4. The number of allylic oxidation sites excluding steroid dienone is 1. The van der Waals surface area contributed by atoms with Crippen LogP contribution in [0.15, 0.2) is 50.8 Å². The van der Waals surface area contributed by atoms with Crippen molar-refractivity contribution < 1.29 is 80.9 Å². The minimum atomic E-state index is -0.603. The minimum Gasteiger partial charge on any atom is -0.444 e. The molecular weight excluding hydrogens is 2200 g/mol. The zero-order chi connectivity index (χ0) is 102. The van der Waals surface area contributed by atoms with Gasteiger partial charge < -0.3 is 105 Å². The lowest BCUT2D eigenvalue weighted by Gasteiger charge is -2.28. The van der Waals surface area contributed by atoms with Gasteiger partial charge in [0.1, 0.15) is 91.7 Å². The molecule has 0 saturated carbocycles. The van der Waals surface area contributed by atoms with Crippen LogP contribution in [0.1, 0.15) is 170 Å². The van der Waals surface area contributed by atoms with E-state index in [1.807, 2.05) is 71.7 Å². The van der Waals surface area contributed by atoms with Crippen LogP contribution in [0.25, 0.3) is 0 Å². The minimum absolute atomic E-state index is 0. The van der Waals surface area contributed by atoms with E-state index in [0.717, 1.165) is 189 Å². The molecule has 139 heavy (non-hydrogen) atoms. The maximum absolute atomic E-state index is 12.9. The molecule has 4 aromatic rings. The van der Waals surface area contributed by atoms with Crippen molar-refractivity contribution in [2.24, 2.45) is 32.3 Å². The summed E-state index contributed by atoms with van der Waals surface area (Å²) >= 11 is 26.2. The molecule has 0 spiro atoms. The Balaban J connectivity index is 0.000000307. The van der Waals surface area contributed by atoms with Crippen molar-refractivity contribution in [2.45, 2.75) is 179 Å². The molecule has 4 aromatic heterocycles. The zero-order valence-corrected chi connectivity index (χ0v) is 92.1. The van der Waals surface area contributed by atoms with E-state index in [0.29, 0.717) is 141 Å². The summed E-state index contributed by atoms with van der Waals surface area (Å²) in [6.45, 7) is 44.9. The fraction of sp³-hybridized carbons (Fsp3) is 0.744. The number of carbonyl (C=O) groups is 6. The highest BCUT2D eigenvalue weighted by Crippen LogP contribution is 2.40. The van der Waals surface area contributed by atoms with Crippen LogP contribution in [0.2, 0.25) is 0 Å². The van der Waals surface area contributed by atoms with Crippen molar-refractivity contribution in [3.8, 4) is 12.1 Å². The summed E-state index contributed by atoms with van der Waals surface area (Å²) in [5.74, 6) is 0.890. The van der Waals surface area contributed by atoms with Gasteiger partial charge in [0.25, 0.3) is 11.8 Å². The Kier molecular flexibility index (Phi) is 56.1. The van der Waals surface area contributed by atoms with E-state index >= 15 is 0 Å². The van der Waals surface area contributed by atoms with E-state index < -0.39 is 40.0 Å². The second kappa shape index (κ2) is 63.5. The molecule has 0 aliphatic carbocycles. The molecule has 12 heterocycles. The lowest BCUT2D eigenvalue weighted by Crippen LogP contribution is -2.41. The predicted molar refractivity (Wildman–Crippen MR) is 544 cm³/mol. The fourth-order valence-corrected chi connectivity index (χ4v) is 19.1. The van der Waals surface area contributed by atoms with Gasteiger partial charge >= 0.3 is 18.3 Å². The average Bonchev–Trinajstić information content (AvgIpc) is 1.59. The van der Waals surface area contributed by atoms with Crippen molar-refractivity contribution in [1.82, 2.24) is 78.7 Å². The molecule has 0 radical (unpaired) electrons. The number of carbonyl (C=O) groups excluding carboxylic acids is 6. The first-order valence-corrected chi connectivity index (χ1v) is 50.6. The number of aromatic nitrogens is 8. The maximum Gasteiger partial charge on any atom is 0.410 e. The molecule has 0 bridgehead atoms. The molecule has 45 nitrogen and oxygen atoms in total. The van der Waals surface area contributed by atoms with Gasteiger partial charge in [0.2, 0.25) is 5.24 Å². The number of ether oxygens (including phenoxy) is 11.